The smallest absolute Gasteiger partial charge is 0.312 e. The minimum atomic E-state index is -0.759. The third-order valence-corrected chi connectivity index (χ3v) is 4.44. The number of rotatable bonds is 6. The van der Waals surface area contributed by atoms with E-state index < -0.39 is 11.9 Å². The summed E-state index contributed by atoms with van der Waals surface area (Å²) in [7, 11) is 1.69. The van der Waals surface area contributed by atoms with Crippen molar-refractivity contribution in [1.29, 1.82) is 0 Å². The summed E-state index contributed by atoms with van der Waals surface area (Å²) in [6.07, 6.45) is 3.49. The molecule has 1 aromatic rings. The van der Waals surface area contributed by atoms with Crippen LogP contribution in [-0.2, 0) is 16.0 Å². The van der Waals surface area contributed by atoms with Crippen LogP contribution in [0, 0.1) is 0 Å². The number of anilines is 1. The first kappa shape index (κ1) is 14.3. The van der Waals surface area contributed by atoms with Gasteiger partial charge in [-0.05, 0) is 32.6 Å². The molecule has 0 saturated heterocycles. The van der Waals surface area contributed by atoms with Crippen LogP contribution in [0.15, 0.2) is 0 Å². The molecule has 1 aliphatic carbocycles. The Labute approximate surface area is 117 Å². The molecule has 0 amide bonds. The summed E-state index contributed by atoms with van der Waals surface area (Å²) in [6, 6.07) is 0.274. The van der Waals surface area contributed by atoms with Gasteiger partial charge >= 0.3 is 5.97 Å². The van der Waals surface area contributed by atoms with Gasteiger partial charge in [-0.25, -0.2) is 4.98 Å². The predicted molar refractivity (Wildman–Crippen MR) is 75.0 cm³/mol. The Morgan fingerprint density at radius 3 is 3.16 bits per heavy atom. The van der Waals surface area contributed by atoms with E-state index in [2.05, 4.69) is 17.2 Å². The lowest BCUT2D eigenvalue weighted by molar-refractivity contribution is -0.139. The number of carboxylic acids is 1. The van der Waals surface area contributed by atoms with Gasteiger partial charge in [0.25, 0.3) is 0 Å². The molecule has 106 valence electrons. The molecule has 0 saturated carbocycles. The highest BCUT2D eigenvalue weighted by Crippen LogP contribution is 2.36. The molecule has 2 N–H and O–H groups in total. The van der Waals surface area contributed by atoms with Crippen LogP contribution in [-0.4, -0.2) is 35.8 Å². The van der Waals surface area contributed by atoms with Gasteiger partial charge < -0.3 is 15.2 Å². The maximum Gasteiger partial charge on any atom is 0.312 e. The van der Waals surface area contributed by atoms with Crippen molar-refractivity contribution in [2.75, 3.05) is 19.0 Å². The van der Waals surface area contributed by atoms with E-state index in [4.69, 9.17) is 4.74 Å². The number of hydrogen-bond donors (Lipinski definition) is 2. The molecule has 2 unspecified atom stereocenters. The summed E-state index contributed by atoms with van der Waals surface area (Å²) in [5.74, 6) is -1.19. The number of methoxy groups -OCH3 is 1. The number of aryl methyl sites for hydroxylation is 1. The largest absolute Gasteiger partial charge is 0.481 e. The van der Waals surface area contributed by atoms with Crippen LogP contribution in [0.1, 0.15) is 42.7 Å². The highest BCUT2D eigenvalue weighted by molar-refractivity contribution is 7.15. The van der Waals surface area contributed by atoms with Gasteiger partial charge in [0, 0.05) is 24.6 Å². The molecule has 0 spiro atoms. The Bertz CT molecular complexity index is 447. The summed E-state index contributed by atoms with van der Waals surface area (Å²) >= 11 is 1.59. The molecule has 0 aromatic carbocycles. The van der Waals surface area contributed by atoms with Crippen LogP contribution in [0.3, 0.4) is 0 Å². The van der Waals surface area contributed by atoms with Crippen molar-refractivity contribution in [2.24, 2.45) is 0 Å². The van der Waals surface area contributed by atoms with Crippen molar-refractivity contribution >= 4 is 22.4 Å². The third-order valence-electron chi connectivity index (χ3n) is 3.38. The van der Waals surface area contributed by atoms with Crippen LogP contribution in [0.2, 0.25) is 0 Å². The number of aliphatic carboxylic acids is 1. The molecule has 0 fully saturated rings. The summed E-state index contributed by atoms with van der Waals surface area (Å²) in [5.41, 5.74) is 0.769. The molecule has 6 heteroatoms. The lowest BCUT2D eigenvalue weighted by atomic mass is 9.91. The zero-order valence-electron chi connectivity index (χ0n) is 11.3. The summed E-state index contributed by atoms with van der Waals surface area (Å²) < 4.78 is 5.05. The fraction of sp³-hybridized carbons (Fsp3) is 0.692. The van der Waals surface area contributed by atoms with Crippen LogP contribution >= 0.6 is 11.3 Å². The minimum absolute atomic E-state index is 0.274. The van der Waals surface area contributed by atoms with Gasteiger partial charge in [-0.2, -0.15) is 0 Å². The van der Waals surface area contributed by atoms with Crippen LogP contribution in [0.4, 0.5) is 5.13 Å². The van der Waals surface area contributed by atoms with Crippen molar-refractivity contribution in [1.82, 2.24) is 4.98 Å². The van der Waals surface area contributed by atoms with Gasteiger partial charge in [-0.1, -0.05) is 0 Å². The Hall–Kier alpha value is -1.14. The standard InChI is InChI=1S/C13H20N2O3S/c1-8(6-7-18-2)14-13-15-11-9(12(16)17)4-3-5-10(11)19-13/h8-9H,3-7H2,1-2H3,(H,14,15)(H,16,17). The summed E-state index contributed by atoms with van der Waals surface area (Å²) in [5, 5.41) is 13.4. The third kappa shape index (κ3) is 3.45. The first-order chi connectivity index (χ1) is 9.11. The predicted octanol–water partition coefficient (Wildman–Crippen LogP) is 2.48. The normalized spacial score (nSPS) is 19.8. The van der Waals surface area contributed by atoms with Crippen LogP contribution < -0.4 is 5.32 Å². The van der Waals surface area contributed by atoms with Gasteiger partial charge in [0.2, 0.25) is 0 Å². The van der Waals surface area contributed by atoms with Crippen molar-refractivity contribution in [3.05, 3.63) is 10.6 Å². The van der Waals surface area contributed by atoms with E-state index in [1.807, 2.05) is 0 Å². The first-order valence-corrected chi connectivity index (χ1v) is 7.41. The second-order valence-corrected chi connectivity index (χ2v) is 6.02. The number of nitrogens with one attached hydrogen (secondary N) is 1. The topological polar surface area (TPSA) is 71.5 Å². The van der Waals surface area contributed by atoms with Gasteiger partial charge in [0.1, 0.15) is 5.92 Å². The Kier molecular flexibility index (Phi) is 4.76. The van der Waals surface area contributed by atoms with E-state index in [0.717, 1.165) is 35.0 Å². The number of carboxylic acid groups (broad SMARTS) is 1. The van der Waals surface area contributed by atoms with Crippen molar-refractivity contribution in [3.63, 3.8) is 0 Å². The molecule has 1 aromatic heterocycles. The number of nitrogens with zero attached hydrogens (tertiary/aromatic N) is 1. The lowest BCUT2D eigenvalue weighted by Crippen LogP contribution is -2.18. The SMILES string of the molecule is COCCC(C)Nc1nc2c(s1)CCCC2C(=O)O. The average Bonchev–Trinajstić information content (AvgIpc) is 2.77. The number of thiazole rings is 1. The van der Waals surface area contributed by atoms with E-state index in [1.54, 1.807) is 18.4 Å². The summed E-state index contributed by atoms with van der Waals surface area (Å²) in [4.78, 5) is 16.8. The number of carbonyl (C=O) groups is 1. The highest BCUT2D eigenvalue weighted by atomic mass is 32.1. The van der Waals surface area contributed by atoms with E-state index in [0.29, 0.717) is 13.0 Å². The minimum Gasteiger partial charge on any atom is -0.481 e. The fourth-order valence-corrected chi connectivity index (χ4v) is 3.47. The first-order valence-electron chi connectivity index (χ1n) is 6.59. The second-order valence-electron chi connectivity index (χ2n) is 4.94. The zero-order valence-corrected chi connectivity index (χ0v) is 12.1. The van der Waals surface area contributed by atoms with Crippen LogP contribution in [0.5, 0.6) is 0 Å². The molecule has 1 heterocycles. The Morgan fingerprint density at radius 1 is 1.68 bits per heavy atom. The number of fused-ring (bicyclic) bond motifs is 1. The van der Waals surface area contributed by atoms with Gasteiger partial charge in [0.15, 0.2) is 5.13 Å². The molecular formula is C13H20N2O3S. The molecule has 2 rings (SSSR count). The molecule has 0 radical (unpaired) electrons. The molecular weight excluding hydrogens is 264 g/mol. The average molecular weight is 284 g/mol. The van der Waals surface area contributed by atoms with Gasteiger partial charge in [0.05, 0.1) is 5.69 Å². The monoisotopic (exact) mass is 284 g/mol. The number of ether oxygens (including phenoxy) is 1. The van der Waals surface area contributed by atoms with Gasteiger partial charge in [-0.3, -0.25) is 4.79 Å². The maximum absolute atomic E-state index is 11.2. The molecule has 1 aliphatic rings. The molecule has 19 heavy (non-hydrogen) atoms. The molecule has 5 nitrogen and oxygen atoms in total. The Balaban J connectivity index is 2.06. The van der Waals surface area contributed by atoms with E-state index in [1.165, 1.54) is 0 Å². The summed E-state index contributed by atoms with van der Waals surface area (Å²) in [6.45, 7) is 2.78. The van der Waals surface area contributed by atoms with Gasteiger partial charge in [-0.15, -0.1) is 11.3 Å². The van der Waals surface area contributed by atoms with Crippen molar-refractivity contribution in [3.8, 4) is 0 Å². The van der Waals surface area contributed by atoms with Crippen LogP contribution in [0.25, 0.3) is 0 Å². The Morgan fingerprint density at radius 2 is 2.47 bits per heavy atom. The zero-order chi connectivity index (χ0) is 13.8. The highest BCUT2D eigenvalue weighted by Gasteiger charge is 2.30. The maximum atomic E-state index is 11.2. The van der Waals surface area contributed by atoms with Crippen molar-refractivity contribution < 1.29 is 14.6 Å². The fourth-order valence-electron chi connectivity index (χ4n) is 2.30. The van der Waals surface area contributed by atoms with E-state index in [9.17, 15) is 9.90 Å². The van der Waals surface area contributed by atoms with E-state index in [-0.39, 0.29) is 6.04 Å². The molecule has 0 bridgehead atoms. The quantitative estimate of drug-likeness (QED) is 0.839. The van der Waals surface area contributed by atoms with Crippen molar-refractivity contribution in [2.45, 2.75) is 44.6 Å². The second kappa shape index (κ2) is 6.34. The molecule has 0 aliphatic heterocycles. The lowest BCUT2D eigenvalue weighted by Gasteiger charge is -2.16. The number of aromatic nitrogens is 1. The number of hydrogen-bond acceptors (Lipinski definition) is 5. The molecule has 2 atom stereocenters. The van der Waals surface area contributed by atoms with E-state index >= 15 is 0 Å².